The summed E-state index contributed by atoms with van der Waals surface area (Å²) in [5, 5.41) is 7.90. The van der Waals surface area contributed by atoms with Crippen LogP contribution in [-0.2, 0) is 0 Å². The summed E-state index contributed by atoms with van der Waals surface area (Å²) in [5.74, 6) is 0.783. The van der Waals surface area contributed by atoms with Crippen LogP contribution in [0.5, 0.6) is 5.88 Å². The zero-order valence-corrected chi connectivity index (χ0v) is 14.8. The Morgan fingerprint density at radius 2 is 1.96 bits per heavy atom. The maximum Gasteiger partial charge on any atom is 0.222 e. The molecule has 0 saturated carbocycles. The number of methoxy groups -OCH3 is 1. The number of ether oxygens (including phenoxy) is 1. The Hall–Kier alpha value is -3.55. The van der Waals surface area contributed by atoms with Gasteiger partial charge in [-0.2, -0.15) is 0 Å². The van der Waals surface area contributed by atoms with E-state index >= 15 is 0 Å². The van der Waals surface area contributed by atoms with Crippen LogP contribution in [0.3, 0.4) is 0 Å². The fourth-order valence-corrected chi connectivity index (χ4v) is 2.82. The Labute approximate surface area is 154 Å². The first-order valence-electron chi connectivity index (χ1n) is 8.38. The van der Waals surface area contributed by atoms with Gasteiger partial charge < -0.3 is 10.1 Å². The quantitative estimate of drug-likeness (QED) is 0.584. The summed E-state index contributed by atoms with van der Waals surface area (Å²) < 4.78 is 20.1. The maximum absolute atomic E-state index is 13.1. The van der Waals surface area contributed by atoms with E-state index in [0.29, 0.717) is 17.3 Å². The molecule has 0 spiro atoms. The maximum atomic E-state index is 13.1. The highest BCUT2D eigenvalue weighted by molar-refractivity contribution is 5.68. The molecule has 0 aliphatic rings. The van der Waals surface area contributed by atoms with E-state index in [4.69, 9.17) is 4.74 Å². The van der Waals surface area contributed by atoms with E-state index in [1.165, 1.54) is 12.3 Å². The van der Waals surface area contributed by atoms with Crippen LogP contribution in [0.4, 0.5) is 10.2 Å². The third-order valence-corrected chi connectivity index (χ3v) is 4.16. The molecule has 27 heavy (non-hydrogen) atoms. The van der Waals surface area contributed by atoms with Crippen molar-refractivity contribution in [3.8, 4) is 17.1 Å². The van der Waals surface area contributed by atoms with Gasteiger partial charge in [-0.25, -0.2) is 18.9 Å². The zero-order valence-electron chi connectivity index (χ0n) is 14.8. The van der Waals surface area contributed by atoms with Crippen molar-refractivity contribution in [2.45, 2.75) is 13.0 Å². The second-order valence-electron chi connectivity index (χ2n) is 5.96. The fraction of sp³-hybridized carbons (Fsp3) is 0.158. The molecular weight excluding hydrogens is 347 g/mol. The summed E-state index contributed by atoms with van der Waals surface area (Å²) in [5.41, 5.74) is 2.99. The normalized spacial score (nSPS) is 12.1. The number of pyridine rings is 2. The minimum Gasteiger partial charge on any atom is -0.481 e. The zero-order chi connectivity index (χ0) is 18.8. The van der Waals surface area contributed by atoms with Gasteiger partial charge in [-0.05, 0) is 43.3 Å². The lowest BCUT2D eigenvalue weighted by Gasteiger charge is -2.14. The lowest BCUT2D eigenvalue weighted by atomic mass is 10.2. The minimum atomic E-state index is -0.362. The van der Waals surface area contributed by atoms with Crippen LogP contribution in [0.1, 0.15) is 18.7 Å². The highest BCUT2D eigenvalue weighted by Crippen LogP contribution is 2.28. The van der Waals surface area contributed by atoms with Crippen LogP contribution in [-0.4, -0.2) is 31.7 Å². The first-order chi connectivity index (χ1) is 13.2. The van der Waals surface area contributed by atoms with Crippen LogP contribution >= 0.6 is 0 Å². The molecule has 7 nitrogen and oxygen atoms in total. The summed E-state index contributed by atoms with van der Waals surface area (Å²) >= 11 is 0. The lowest BCUT2D eigenvalue weighted by molar-refractivity contribution is 0.399. The molecule has 1 atom stereocenters. The Balaban J connectivity index is 1.68. The standard InChI is InChI=1S/C19H17FN6O/c1-12(15-6-5-13(20)10-22-15)24-17-7-8-18-23-11-16(26(18)25-17)14-4-3-9-21-19(14)27-2/h3-12H,1-2H3,(H,24,25)/t12-/m1/s1. The molecule has 0 unspecified atom stereocenters. The predicted molar refractivity (Wildman–Crippen MR) is 99.0 cm³/mol. The van der Waals surface area contributed by atoms with E-state index in [-0.39, 0.29) is 11.9 Å². The first kappa shape index (κ1) is 16.9. The average molecular weight is 364 g/mol. The first-order valence-corrected chi connectivity index (χ1v) is 8.38. The molecule has 4 aromatic heterocycles. The molecule has 8 heteroatoms. The molecule has 0 aliphatic heterocycles. The number of rotatable bonds is 5. The van der Waals surface area contributed by atoms with Crippen molar-refractivity contribution in [2.24, 2.45) is 0 Å². The highest BCUT2D eigenvalue weighted by atomic mass is 19.1. The molecule has 1 N–H and O–H groups in total. The van der Waals surface area contributed by atoms with Crippen LogP contribution in [0.2, 0.25) is 0 Å². The number of aromatic nitrogens is 5. The molecule has 0 radical (unpaired) electrons. The average Bonchev–Trinajstić information content (AvgIpc) is 3.11. The number of fused-ring (bicyclic) bond motifs is 1. The van der Waals surface area contributed by atoms with Gasteiger partial charge in [0.1, 0.15) is 11.6 Å². The van der Waals surface area contributed by atoms with Gasteiger partial charge in [0, 0.05) is 6.20 Å². The molecule has 4 rings (SSSR count). The van der Waals surface area contributed by atoms with Gasteiger partial charge in [0.05, 0.1) is 42.5 Å². The van der Waals surface area contributed by atoms with E-state index in [0.717, 1.165) is 17.0 Å². The van der Waals surface area contributed by atoms with Gasteiger partial charge in [0.25, 0.3) is 0 Å². The predicted octanol–water partition coefficient (Wildman–Crippen LogP) is 3.51. The third-order valence-electron chi connectivity index (χ3n) is 4.16. The van der Waals surface area contributed by atoms with Crippen molar-refractivity contribution in [1.29, 1.82) is 0 Å². The smallest absolute Gasteiger partial charge is 0.222 e. The molecule has 4 aromatic rings. The molecular formula is C19H17FN6O. The summed E-state index contributed by atoms with van der Waals surface area (Å²) in [6.07, 6.45) is 4.60. The van der Waals surface area contributed by atoms with E-state index < -0.39 is 0 Å². The van der Waals surface area contributed by atoms with Gasteiger partial charge in [0.2, 0.25) is 5.88 Å². The molecule has 0 bridgehead atoms. The van der Waals surface area contributed by atoms with Crippen molar-refractivity contribution in [3.05, 3.63) is 66.5 Å². The van der Waals surface area contributed by atoms with Crippen LogP contribution in [0, 0.1) is 5.82 Å². The van der Waals surface area contributed by atoms with Gasteiger partial charge in [-0.1, -0.05) is 0 Å². The summed E-state index contributed by atoms with van der Waals surface area (Å²) in [7, 11) is 1.58. The van der Waals surface area contributed by atoms with Crippen LogP contribution < -0.4 is 10.1 Å². The molecule has 0 amide bonds. The molecule has 0 aromatic carbocycles. The SMILES string of the molecule is COc1ncccc1-c1cnc2ccc(N[C@H](C)c3ccc(F)cn3)nn12. The van der Waals surface area contributed by atoms with E-state index in [9.17, 15) is 4.39 Å². The van der Waals surface area contributed by atoms with E-state index in [1.54, 1.807) is 30.1 Å². The lowest BCUT2D eigenvalue weighted by Crippen LogP contribution is -2.11. The number of hydrogen-bond acceptors (Lipinski definition) is 6. The van der Waals surface area contributed by atoms with Crippen molar-refractivity contribution < 1.29 is 9.13 Å². The van der Waals surface area contributed by atoms with E-state index in [1.807, 2.05) is 31.2 Å². The number of nitrogens with one attached hydrogen (secondary N) is 1. The van der Waals surface area contributed by atoms with E-state index in [2.05, 4.69) is 25.4 Å². The van der Waals surface area contributed by atoms with Gasteiger partial charge >= 0.3 is 0 Å². The van der Waals surface area contributed by atoms with Crippen LogP contribution in [0.15, 0.2) is 55.0 Å². The Morgan fingerprint density at radius 3 is 2.74 bits per heavy atom. The van der Waals surface area contributed by atoms with Crippen molar-refractivity contribution in [2.75, 3.05) is 12.4 Å². The summed E-state index contributed by atoms with van der Waals surface area (Å²) in [6, 6.07) is 10.3. The molecule has 0 fully saturated rings. The molecule has 0 aliphatic carbocycles. The molecule has 136 valence electrons. The fourth-order valence-electron chi connectivity index (χ4n) is 2.82. The molecule has 0 saturated heterocycles. The number of halogens is 1. The Morgan fingerprint density at radius 1 is 1.07 bits per heavy atom. The van der Waals surface area contributed by atoms with Crippen molar-refractivity contribution in [1.82, 2.24) is 24.6 Å². The van der Waals surface area contributed by atoms with Crippen molar-refractivity contribution >= 4 is 11.5 Å². The van der Waals surface area contributed by atoms with Crippen molar-refractivity contribution in [3.63, 3.8) is 0 Å². The second-order valence-corrected chi connectivity index (χ2v) is 5.96. The number of imidazole rings is 1. The van der Waals surface area contributed by atoms with Crippen LogP contribution in [0.25, 0.3) is 16.9 Å². The number of nitrogens with zero attached hydrogens (tertiary/aromatic N) is 5. The van der Waals surface area contributed by atoms with Gasteiger partial charge in [-0.3, -0.25) is 4.98 Å². The third kappa shape index (κ3) is 3.29. The Bertz CT molecular complexity index is 1080. The number of anilines is 1. The summed E-state index contributed by atoms with van der Waals surface area (Å²) in [4.78, 5) is 12.7. The highest BCUT2D eigenvalue weighted by Gasteiger charge is 2.14. The molecule has 4 heterocycles. The second kappa shape index (κ2) is 6.99. The summed E-state index contributed by atoms with van der Waals surface area (Å²) in [6.45, 7) is 1.94. The van der Waals surface area contributed by atoms with Gasteiger partial charge in [0.15, 0.2) is 5.65 Å². The monoisotopic (exact) mass is 364 g/mol. The topological polar surface area (TPSA) is 77.2 Å². The largest absolute Gasteiger partial charge is 0.481 e. The minimum absolute atomic E-state index is 0.143. The van der Waals surface area contributed by atoms with Gasteiger partial charge in [-0.15, -0.1) is 5.10 Å². The Kier molecular flexibility index (Phi) is 4.37. The number of hydrogen-bond donors (Lipinski definition) is 1.